The maximum Gasteiger partial charge on any atom is 0.319 e. The monoisotopic (exact) mass is 628 g/mol. The first-order valence-corrected chi connectivity index (χ1v) is 17.8. The standard InChI is InChI=1S/C36H60N4O5/c1-26-22-40(27(2)25-41)35(42)32-21-31(38-36(43)37-30-16-9-6-10-17-30)18-19-33(32)45-28(3)13-11-12-20-44-34(26)24-39(4)23-29-14-7-5-8-15-29/h18-19,21,26-30,34,41H,5-17,20,22-25H2,1-4H3,(H2,37,38,43)/t26-,27-,28+,34-/m0/s1. The number of likely N-dealkylation sites (N-methyl/N-ethyl adjacent to an activating group) is 1. The van der Waals surface area contributed by atoms with Gasteiger partial charge in [-0.3, -0.25) is 4.79 Å². The Bertz CT molecular complexity index is 1060. The molecule has 3 N–H and O–H groups in total. The van der Waals surface area contributed by atoms with E-state index in [0.717, 1.165) is 64.0 Å². The zero-order valence-electron chi connectivity index (χ0n) is 28.4. The number of rotatable bonds is 8. The Morgan fingerprint density at radius 1 is 1.00 bits per heavy atom. The zero-order chi connectivity index (χ0) is 32.2. The van der Waals surface area contributed by atoms with E-state index in [1.54, 1.807) is 23.1 Å². The van der Waals surface area contributed by atoms with Crippen molar-refractivity contribution in [3.63, 3.8) is 0 Å². The average Bonchev–Trinajstić information content (AvgIpc) is 3.03. The number of aliphatic hydroxyl groups excluding tert-OH is 1. The second-order valence-corrected chi connectivity index (χ2v) is 14.2. The fourth-order valence-corrected chi connectivity index (χ4v) is 7.25. The molecule has 4 rings (SSSR count). The van der Waals surface area contributed by atoms with Gasteiger partial charge in [-0.2, -0.15) is 0 Å². The molecule has 1 aromatic rings. The van der Waals surface area contributed by atoms with E-state index in [2.05, 4.69) is 29.5 Å². The number of ether oxygens (including phenoxy) is 2. The van der Waals surface area contributed by atoms with Crippen molar-refractivity contribution < 1.29 is 24.2 Å². The summed E-state index contributed by atoms with van der Waals surface area (Å²) in [4.78, 5) is 31.4. The molecule has 0 radical (unpaired) electrons. The molecule has 254 valence electrons. The number of fused-ring (bicyclic) bond motifs is 1. The highest BCUT2D eigenvalue weighted by atomic mass is 16.5. The first kappa shape index (κ1) is 35.5. The van der Waals surface area contributed by atoms with Gasteiger partial charge < -0.3 is 35.0 Å². The molecule has 1 aromatic carbocycles. The molecule has 2 aliphatic carbocycles. The summed E-state index contributed by atoms with van der Waals surface area (Å²) < 4.78 is 12.9. The largest absolute Gasteiger partial charge is 0.490 e. The number of amides is 3. The second-order valence-electron chi connectivity index (χ2n) is 14.2. The number of carbonyl (C=O) groups excluding carboxylic acids is 2. The molecule has 0 saturated heterocycles. The van der Waals surface area contributed by atoms with E-state index in [1.807, 2.05) is 13.8 Å². The van der Waals surface area contributed by atoms with Crippen LogP contribution >= 0.6 is 0 Å². The van der Waals surface area contributed by atoms with Gasteiger partial charge >= 0.3 is 6.03 Å². The highest BCUT2D eigenvalue weighted by molar-refractivity contribution is 5.99. The van der Waals surface area contributed by atoms with Crippen LogP contribution in [0.25, 0.3) is 0 Å². The number of anilines is 1. The Morgan fingerprint density at radius 3 is 2.40 bits per heavy atom. The van der Waals surface area contributed by atoms with E-state index >= 15 is 0 Å². The van der Waals surface area contributed by atoms with Crippen molar-refractivity contribution in [1.29, 1.82) is 0 Å². The molecule has 0 spiro atoms. The first-order chi connectivity index (χ1) is 21.7. The minimum Gasteiger partial charge on any atom is -0.490 e. The number of hydrogen-bond acceptors (Lipinski definition) is 6. The van der Waals surface area contributed by atoms with Crippen LogP contribution in [0.4, 0.5) is 10.5 Å². The molecule has 2 saturated carbocycles. The van der Waals surface area contributed by atoms with Crippen LogP contribution < -0.4 is 15.4 Å². The maximum absolute atomic E-state index is 14.4. The van der Waals surface area contributed by atoms with Gasteiger partial charge in [0.2, 0.25) is 0 Å². The highest BCUT2D eigenvalue weighted by Crippen LogP contribution is 2.29. The van der Waals surface area contributed by atoms with E-state index in [0.29, 0.717) is 30.2 Å². The average molecular weight is 629 g/mol. The van der Waals surface area contributed by atoms with Crippen molar-refractivity contribution in [3.05, 3.63) is 23.8 Å². The molecule has 0 unspecified atom stereocenters. The summed E-state index contributed by atoms with van der Waals surface area (Å²) >= 11 is 0. The summed E-state index contributed by atoms with van der Waals surface area (Å²) in [6, 6.07) is 4.85. The fraction of sp³-hybridized carbons (Fsp3) is 0.778. The molecule has 3 aliphatic rings. The van der Waals surface area contributed by atoms with Gasteiger partial charge in [-0.1, -0.05) is 45.4 Å². The number of nitrogens with zero attached hydrogens (tertiary/aromatic N) is 2. The smallest absolute Gasteiger partial charge is 0.319 e. The van der Waals surface area contributed by atoms with E-state index in [9.17, 15) is 14.7 Å². The van der Waals surface area contributed by atoms with Gasteiger partial charge in [0.15, 0.2) is 0 Å². The summed E-state index contributed by atoms with van der Waals surface area (Å²) in [5.41, 5.74) is 0.941. The van der Waals surface area contributed by atoms with Crippen LogP contribution in [0.5, 0.6) is 5.75 Å². The third kappa shape index (κ3) is 11.1. The lowest BCUT2D eigenvalue weighted by molar-refractivity contribution is -0.0190. The predicted molar refractivity (Wildman–Crippen MR) is 180 cm³/mol. The Balaban J connectivity index is 1.54. The van der Waals surface area contributed by atoms with Crippen LogP contribution in [0.1, 0.15) is 115 Å². The molecule has 1 heterocycles. The SMILES string of the molecule is C[C@@H]1CCCCO[C@@H](CN(C)CC2CCCCC2)[C@@H](C)CN([C@@H](C)CO)C(=O)c2cc(NC(=O)NC3CCCCC3)ccc2O1. The van der Waals surface area contributed by atoms with Crippen LogP contribution in [0.3, 0.4) is 0 Å². The Kier molecular flexibility index (Phi) is 14.3. The summed E-state index contributed by atoms with van der Waals surface area (Å²) in [5, 5.41) is 16.3. The summed E-state index contributed by atoms with van der Waals surface area (Å²) in [6.45, 7) is 8.92. The quantitative estimate of drug-likeness (QED) is 0.306. The first-order valence-electron chi connectivity index (χ1n) is 17.8. The van der Waals surface area contributed by atoms with Crippen molar-refractivity contribution in [1.82, 2.24) is 15.1 Å². The molecule has 45 heavy (non-hydrogen) atoms. The van der Waals surface area contributed by atoms with Crippen molar-refractivity contribution in [2.75, 3.05) is 45.2 Å². The molecule has 9 nitrogen and oxygen atoms in total. The van der Waals surface area contributed by atoms with Gasteiger partial charge in [-0.05, 0) is 90.0 Å². The number of nitrogens with one attached hydrogen (secondary N) is 2. The van der Waals surface area contributed by atoms with Crippen molar-refractivity contribution in [3.8, 4) is 5.75 Å². The van der Waals surface area contributed by atoms with Crippen LogP contribution in [-0.4, -0.2) is 91.0 Å². The van der Waals surface area contributed by atoms with Crippen LogP contribution in [0, 0.1) is 11.8 Å². The Hall–Kier alpha value is -2.36. The summed E-state index contributed by atoms with van der Waals surface area (Å²) in [7, 11) is 2.20. The molecular formula is C36H60N4O5. The molecular weight excluding hydrogens is 568 g/mol. The number of aliphatic hydroxyl groups is 1. The summed E-state index contributed by atoms with van der Waals surface area (Å²) in [6.07, 6.45) is 14.7. The lowest BCUT2D eigenvalue weighted by Gasteiger charge is -2.36. The number of urea groups is 1. The van der Waals surface area contributed by atoms with Crippen molar-refractivity contribution >= 4 is 17.6 Å². The maximum atomic E-state index is 14.4. The van der Waals surface area contributed by atoms with E-state index in [4.69, 9.17) is 9.47 Å². The minimum atomic E-state index is -0.398. The minimum absolute atomic E-state index is 0.0349. The van der Waals surface area contributed by atoms with Gasteiger partial charge in [0.05, 0.1) is 30.4 Å². The molecule has 0 aromatic heterocycles. The molecule has 9 heteroatoms. The van der Waals surface area contributed by atoms with Crippen LogP contribution in [-0.2, 0) is 4.74 Å². The zero-order valence-corrected chi connectivity index (χ0v) is 28.4. The van der Waals surface area contributed by atoms with Gasteiger partial charge in [0.25, 0.3) is 5.91 Å². The third-order valence-corrected chi connectivity index (χ3v) is 10.0. The summed E-state index contributed by atoms with van der Waals surface area (Å²) in [5.74, 6) is 1.08. The van der Waals surface area contributed by atoms with E-state index in [-0.39, 0.29) is 42.7 Å². The van der Waals surface area contributed by atoms with Crippen molar-refractivity contribution in [2.45, 2.75) is 129 Å². The van der Waals surface area contributed by atoms with Gasteiger partial charge in [0.1, 0.15) is 5.75 Å². The van der Waals surface area contributed by atoms with Gasteiger partial charge in [-0.25, -0.2) is 4.79 Å². The lowest BCUT2D eigenvalue weighted by Crippen LogP contribution is -2.47. The number of hydrogen-bond donors (Lipinski definition) is 3. The van der Waals surface area contributed by atoms with Crippen LogP contribution in [0.15, 0.2) is 18.2 Å². The molecule has 4 atom stereocenters. The van der Waals surface area contributed by atoms with Gasteiger partial charge in [-0.15, -0.1) is 0 Å². The Labute approximate surface area is 271 Å². The van der Waals surface area contributed by atoms with E-state index < -0.39 is 6.04 Å². The fourth-order valence-electron chi connectivity index (χ4n) is 7.25. The van der Waals surface area contributed by atoms with E-state index in [1.165, 1.54) is 38.5 Å². The normalized spacial score (nSPS) is 25.6. The Morgan fingerprint density at radius 2 is 1.69 bits per heavy atom. The number of carbonyl (C=O) groups is 2. The van der Waals surface area contributed by atoms with Crippen LogP contribution in [0.2, 0.25) is 0 Å². The number of benzene rings is 1. The molecule has 3 amide bonds. The molecule has 1 aliphatic heterocycles. The second kappa shape index (κ2) is 18.1. The van der Waals surface area contributed by atoms with Crippen molar-refractivity contribution in [2.24, 2.45) is 11.8 Å². The highest BCUT2D eigenvalue weighted by Gasteiger charge is 2.31. The molecule has 2 fully saturated rings. The molecule has 0 bridgehead atoms. The predicted octanol–water partition coefficient (Wildman–Crippen LogP) is 6.45. The van der Waals surface area contributed by atoms with Gasteiger partial charge in [0, 0.05) is 43.9 Å². The topological polar surface area (TPSA) is 103 Å². The lowest BCUT2D eigenvalue weighted by atomic mass is 9.89. The third-order valence-electron chi connectivity index (χ3n) is 10.0.